The summed E-state index contributed by atoms with van der Waals surface area (Å²) in [7, 11) is 0. The smallest absolute Gasteiger partial charge is 0.344 e. The van der Waals surface area contributed by atoms with Crippen LogP contribution in [0.15, 0.2) is 96.1 Å². The molecule has 0 aliphatic carbocycles. The highest BCUT2D eigenvalue weighted by Gasteiger charge is 2.12. The molecule has 0 heterocycles. The van der Waals surface area contributed by atoms with Crippen molar-refractivity contribution in [1.29, 1.82) is 0 Å². The number of nitrogens with zero attached hydrogens (tertiary/aromatic N) is 1. The number of hydrogen-bond acceptors (Lipinski definition) is 5. The summed E-state index contributed by atoms with van der Waals surface area (Å²) in [6, 6.07) is 24.6. The van der Waals surface area contributed by atoms with Gasteiger partial charge in [0, 0.05) is 5.56 Å². The highest BCUT2D eigenvalue weighted by atomic mass is 19.1. The first-order valence-corrected chi connectivity index (χ1v) is 10.7. The van der Waals surface area contributed by atoms with Gasteiger partial charge in [0.15, 0.2) is 0 Å². The molecule has 0 bridgehead atoms. The molecule has 4 aromatic carbocycles. The summed E-state index contributed by atoms with van der Waals surface area (Å²) in [5, 5.41) is 8.03. The number of hydrazone groups is 1. The molecule has 2 amide bonds. The maximum atomic E-state index is 12.9. The summed E-state index contributed by atoms with van der Waals surface area (Å²) in [6.45, 7) is -0.295. The van der Waals surface area contributed by atoms with Crippen LogP contribution in [-0.4, -0.2) is 30.5 Å². The standard InChI is InChI=1S/C27H20FN3O4/c28-21-12-10-20(11-13-21)26(33)29-17-25(32)31-30-16-18-8-14-22(15-9-18)35-27(34)24-7-3-5-19-4-1-2-6-23(19)24/h1-16H,17H2,(H,29,33)(H,31,32)/b30-16-. The number of amides is 2. The Labute approximate surface area is 200 Å². The predicted molar refractivity (Wildman–Crippen MR) is 130 cm³/mol. The molecule has 0 unspecified atom stereocenters. The molecule has 0 aliphatic rings. The van der Waals surface area contributed by atoms with Gasteiger partial charge in [-0.1, -0.05) is 36.4 Å². The van der Waals surface area contributed by atoms with E-state index in [9.17, 15) is 18.8 Å². The number of nitrogens with one attached hydrogen (secondary N) is 2. The first-order chi connectivity index (χ1) is 17.0. The Morgan fingerprint density at radius 3 is 2.34 bits per heavy atom. The molecule has 0 aliphatic heterocycles. The lowest BCUT2D eigenvalue weighted by Crippen LogP contribution is -2.34. The van der Waals surface area contributed by atoms with Crippen LogP contribution in [0.25, 0.3) is 10.8 Å². The van der Waals surface area contributed by atoms with Gasteiger partial charge in [0.05, 0.1) is 18.3 Å². The fourth-order valence-corrected chi connectivity index (χ4v) is 3.27. The second-order valence-electron chi connectivity index (χ2n) is 7.47. The summed E-state index contributed by atoms with van der Waals surface area (Å²) in [4.78, 5) is 36.4. The second kappa shape index (κ2) is 10.8. The van der Waals surface area contributed by atoms with Crippen molar-refractivity contribution >= 4 is 34.8 Å². The molecule has 0 atom stereocenters. The molecule has 35 heavy (non-hydrogen) atoms. The first kappa shape index (κ1) is 23.3. The van der Waals surface area contributed by atoms with Gasteiger partial charge >= 0.3 is 5.97 Å². The zero-order valence-electron chi connectivity index (χ0n) is 18.4. The van der Waals surface area contributed by atoms with E-state index < -0.39 is 23.6 Å². The van der Waals surface area contributed by atoms with Crippen LogP contribution in [0.1, 0.15) is 26.3 Å². The van der Waals surface area contributed by atoms with Crippen LogP contribution in [0, 0.1) is 5.82 Å². The second-order valence-corrected chi connectivity index (χ2v) is 7.47. The van der Waals surface area contributed by atoms with Gasteiger partial charge in [0.2, 0.25) is 0 Å². The van der Waals surface area contributed by atoms with E-state index in [2.05, 4.69) is 15.8 Å². The quantitative estimate of drug-likeness (QED) is 0.185. The van der Waals surface area contributed by atoms with E-state index in [-0.39, 0.29) is 12.1 Å². The molecular weight excluding hydrogens is 449 g/mol. The van der Waals surface area contributed by atoms with Gasteiger partial charge in [-0.05, 0) is 70.9 Å². The van der Waals surface area contributed by atoms with Crippen LogP contribution < -0.4 is 15.5 Å². The number of rotatable bonds is 7. The predicted octanol–water partition coefficient (Wildman–Crippen LogP) is 4.08. The molecule has 4 rings (SSSR count). The fourth-order valence-electron chi connectivity index (χ4n) is 3.27. The van der Waals surface area contributed by atoms with Crippen molar-refractivity contribution in [2.75, 3.05) is 6.54 Å². The van der Waals surface area contributed by atoms with E-state index in [0.29, 0.717) is 16.9 Å². The summed E-state index contributed by atoms with van der Waals surface area (Å²) in [5.74, 6) is -1.58. The minimum absolute atomic E-state index is 0.240. The summed E-state index contributed by atoms with van der Waals surface area (Å²) < 4.78 is 18.4. The van der Waals surface area contributed by atoms with Crippen LogP contribution in [0.4, 0.5) is 4.39 Å². The lowest BCUT2D eigenvalue weighted by atomic mass is 10.0. The zero-order valence-corrected chi connectivity index (χ0v) is 18.4. The van der Waals surface area contributed by atoms with Crippen LogP contribution in [0.5, 0.6) is 5.75 Å². The van der Waals surface area contributed by atoms with E-state index in [1.165, 1.54) is 18.3 Å². The van der Waals surface area contributed by atoms with Gasteiger partial charge in [-0.25, -0.2) is 14.6 Å². The molecule has 8 heteroatoms. The third-order valence-electron chi connectivity index (χ3n) is 5.02. The average Bonchev–Trinajstić information content (AvgIpc) is 2.88. The summed E-state index contributed by atoms with van der Waals surface area (Å²) >= 11 is 0. The van der Waals surface area contributed by atoms with Crippen molar-refractivity contribution in [3.05, 3.63) is 114 Å². The van der Waals surface area contributed by atoms with Crippen molar-refractivity contribution < 1.29 is 23.5 Å². The number of carbonyl (C=O) groups is 3. The molecule has 0 saturated carbocycles. The number of ether oxygens (including phenoxy) is 1. The number of benzene rings is 4. The highest BCUT2D eigenvalue weighted by Crippen LogP contribution is 2.21. The number of hydrogen-bond donors (Lipinski definition) is 2. The lowest BCUT2D eigenvalue weighted by molar-refractivity contribution is -0.120. The van der Waals surface area contributed by atoms with Crippen LogP contribution >= 0.6 is 0 Å². The Bertz CT molecular complexity index is 1400. The van der Waals surface area contributed by atoms with Crippen molar-refractivity contribution in [2.45, 2.75) is 0 Å². The molecule has 0 saturated heterocycles. The van der Waals surface area contributed by atoms with E-state index in [1.807, 2.05) is 30.3 Å². The van der Waals surface area contributed by atoms with Gasteiger partial charge in [-0.3, -0.25) is 9.59 Å². The summed E-state index contributed by atoms with van der Waals surface area (Å²) in [6.07, 6.45) is 1.41. The van der Waals surface area contributed by atoms with E-state index in [0.717, 1.165) is 22.9 Å². The molecule has 0 fully saturated rings. The Balaban J connectivity index is 1.27. The van der Waals surface area contributed by atoms with E-state index in [4.69, 9.17) is 4.74 Å². The van der Waals surface area contributed by atoms with Gasteiger partial charge in [-0.15, -0.1) is 0 Å². The normalized spacial score (nSPS) is 10.8. The molecule has 7 nitrogen and oxygen atoms in total. The average molecular weight is 469 g/mol. The molecule has 2 N–H and O–H groups in total. The fraction of sp³-hybridized carbons (Fsp3) is 0.0370. The van der Waals surface area contributed by atoms with Crippen LogP contribution in [0.3, 0.4) is 0 Å². The van der Waals surface area contributed by atoms with Crippen LogP contribution in [-0.2, 0) is 4.79 Å². The van der Waals surface area contributed by atoms with Crippen molar-refractivity contribution in [3.8, 4) is 5.75 Å². The number of esters is 1. The summed E-state index contributed by atoms with van der Waals surface area (Å²) in [5.41, 5.74) is 3.68. The maximum absolute atomic E-state index is 12.9. The van der Waals surface area contributed by atoms with Crippen molar-refractivity contribution in [2.24, 2.45) is 5.10 Å². The van der Waals surface area contributed by atoms with E-state index in [1.54, 1.807) is 36.4 Å². The van der Waals surface area contributed by atoms with E-state index >= 15 is 0 Å². The highest BCUT2D eigenvalue weighted by molar-refractivity contribution is 6.05. The largest absolute Gasteiger partial charge is 0.423 e. The molecular formula is C27H20FN3O4. The minimum Gasteiger partial charge on any atom is -0.423 e. The van der Waals surface area contributed by atoms with Gasteiger partial charge < -0.3 is 10.1 Å². The minimum atomic E-state index is -0.530. The Hall–Kier alpha value is -4.85. The topological polar surface area (TPSA) is 96.9 Å². The first-order valence-electron chi connectivity index (χ1n) is 10.7. The Morgan fingerprint density at radius 2 is 1.57 bits per heavy atom. The molecule has 0 aromatic heterocycles. The molecule has 174 valence electrons. The number of carbonyl (C=O) groups excluding carboxylic acids is 3. The van der Waals surface area contributed by atoms with Gasteiger partial charge in [-0.2, -0.15) is 5.10 Å². The molecule has 4 aromatic rings. The van der Waals surface area contributed by atoms with Crippen molar-refractivity contribution in [1.82, 2.24) is 10.7 Å². The monoisotopic (exact) mass is 469 g/mol. The number of halogens is 1. The maximum Gasteiger partial charge on any atom is 0.344 e. The number of fused-ring (bicyclic) bond motifs is 1. The Kier molecular flexibility index (Phi) is 7.22. The lowest BCUT2D eigenvalue weighted by Gasteiger charge is -2.07. The molecule has 0 radical (unpaired) electrons. The SMILES string of the molecule is O=C(CNC(=O)c1ccc(F)cc1)N/N=C\c1ccc(OC(=O)c2cccc3ccccc23)cc1. The zero-order chi connectivity index (χ0) is 24.6. The Morgan fingerprint density at radius 1 is 0.857 bits per heavy atom. The third kappa shape index (κ3) is 6.14. The third-order valence-corrected chi connectivity index (χ3v) is 5.02. The van der Waals surface area contributed by atoms with Gasteiger partial charge in [0.25, 0.3) is 11.8 Å². The van der Waals surface area contributed by atoms with Crippen LogP contribution in [0.2, 0.25) is 0 Å². The molecule has 0 spiro atoms. The van der Waals surface area contributed by atoms with Gasteiger partial charge in [0.1, 0.15) is 11.6 Å². The van der Waals surface area contributed by atoms with Crippen molar-refractivity contribution in [3.63, 3.8) is 0 Å².